The van der Waals surface area contributed by atoms with E-state index in [-0.39, 0.29) is 5.56 Å². The largest absolute Gasteiger partial charge is 0.497 e. The van der Waals surface area contributed by atoms with Crippen LogP contribution in [0.1, 0.15) is 10.4 Å². The van der Waals surface area contributed by atoms with E-state index in [0.717, 1.165) is 16.3 Å². The number of fused-ring (bicyclic) bond motifs is 1. The molecular weight excluding hydrogens is 380 g/mol. The van der Waals surface area contributed by atoms with Gasteiger partial charge in [0, 0.05) is 11.8 Å². The molecule has 0 aliphatic rings. The van der Waals surface area contributed by atoms with Crippen LogP contribution in [0.4, 0.5) is 5.69 Å². The van der Waals surface area contributed by atoms with E-state index in [2.05, 4.69) is 10.3 Å². The number of aromatic nitrogens is 1. The number of rotatable bonds is 5. The van der Waals surface area contributed by atoms with Gasteiger partial charge >= 0.3 is 0 Å². The fourth-order valence-corrected chi connectivity index (χ4v) is 3.28. The highest BCUT2D eigenvalue weighted by atomic mass is 16.5. The van der Waals surface area contributed by atoms with Crippen molar-refractivity contribution in [3.05, 3.63) is 88.7 Å². The van der Waals surface area contributed by atoms with E-state index in [4.69, 9.17) is 9.47 Å². The number of H-pyrrole nitrogens is 1. The number of aromatic amines is 1. The second-order valence-corrected chi connectivity index (χ2v) is 6.70. The second-order valence-electron chi connectivity index (χ2n) is 6.70. The van der Waals surface area contributed by atoms with Gasteiger partial charge in [0.05, 0.1) is 19.9 Å². The minimum absolute atomic E-state index is 0.00409. The van der Waals surface area contributed by atoms with Gasteiger partial charge in [0.25, 0.3) is 11.5 Å². The predicted molar refractivity (Wildman–Crippen MR) is 118 cm³/mol. The Kier molecular flexibility index (Phi) is 5.22. The molecule has 0 atom stereocenters. The lowest BCUT2D eigenvalue weighted by molar-refractivity contribution is 0.102. The van der Waals surface area contributed by atoms with E-state index in [1.165, 1.54) is 20.3 Å². The molecule has 6 nitrogen and oxygen atoms in total. The predicted octanol–water partition coefficient (Wildman–Crippen LogP) is 4.46. The molecule has 1 amide bonds. The molecule has 2 N–H and O–H groups in total. The molecular formula is C24H20N2O4. The lowest BCUT2D eigenvalue weighted by atomic mass is 10.0. The van der Waals surface area contributed by atoms with Crippen LogP contribution in [0.15, 0.2) is 77.6 Å². The van der Waals surface area contributed by atoms with E-state index in [1.54, 1.807) is 24.3 Å². The average molecular weight is 400 g/mol. The Balaban J connectivity index is 1.63. The minimum Gasteiger partial charge on any atom is -0.497 e. The van der Waals surface area contributed by atoms with Crippen LogP contribution in [-0.4, -0.2) is 25.1 Å². The molecule has 0 bridgehead atoms. The van der Waals surface area contributed by atoms with Gasteiger partial charge < -0.3 is 19.8 Å². The van der Waals surface area contributed by atoms with Crippen molar-refractivity contribution in [1.82, 2.24) is 4.98 Å². The second kappa shape index (κ2) is 8.13. The molecule has 150 valence electrons. The van der Waals surface area contributed by atoms with Crippen molar-refractivity contribution in [3.8, 4) is 22.8 Å². The first-order valence-corrected chi connectivity index (χ1v) is 9.35. The van der Waals surface area contributed by atoms with Crippen molar-refractivity contribution in [1.29, 1.82) is 0 Å². The zero-order valence-corrected chi connectivity index (χ0v) is 16.6. The maximum absolute atomic E-state index is 12.7. The molecule has 0 fully saturated rings. The summed E-state index contributed by atoms with van der Waals surface area (Å²) in [6.07, 6.45) is 0. The van der Waals surface area contributed by atoms with Crippen molar-refractivity contribution in [2.45, 2.75) is 0 Å². The SMILES string of the molecule is COc1ccc(OC)c(NC(=O)c2ccc(-c3ccc4ccccc4c3)[nH]c2=O)c1. The number of ether oxygens (including phenoxy) is 2. The zero-order chi connectivity index (χ0) is 21.1. The lowest BCUT2D eigenvalue weighted by Gasteiger charge is -2.12. The standard InChI is InChI=1S/C24H20N2O4/c1-29-18-9-12-22(30-2)21(14-18)26-24(28)19-10-11-20(25-23(19)27)17-8-7-15-5-3-4-6-16(15)13-17/h3-14H,1-2H3,(H,25,27)(H,26,28). The maximum Gasteiger partial charge on any atom is 0.261 e. The minimum atomic E-state index is -0.534. The number of methoxy groups -OCH3 is 2. The van der Waals surface area contributed by atoms with Gasteiger partial charge in [-0.1, -0.05) is 36.4 Å². The van der Waals surface area contributed by atoms with E-state index < -0.39 is 11.5 Å². The molecule has 6 heteroatoms. The van der Waals surface area contributed by atoms with Crippen molar-refractivity contribution < 1.29 is 14.3 Å². The monoisotopic (exact) mass is 400 g/mol. The number of hydrogen-bond donors (Lipinski definition) is 2. The summed E-state index contributed by atoms with van der Waals surface area (Å²) >= 11 is 0. The number of amides is 1. The van der Waals surface area contributed by atoms with E-state index in [0.29, 0.717) is 22.9 Å². The average Bonchev–Trinajstić information content (AvgIpc) is 2.78. The van der Waals surface area contributed by atoms with Gasteiger partial charge in [-0.2, -0.15) is 0 Å². The first-order valence-electron chi connectivity index (χ1n) is 9.35. The quantitative estimate of drug-likeness (QED) is 0.518. The van der Waals surface area contributed by atoms with Gasteiger partial charge in [-0.15, -0.1) is 0 Å². The number of pyridine rings is 1. The van der Waals surface area contributed by atoms with Gasteiger partial charge in [-0.25, -0.2) is 0 Å². The van der Waals surface area contributed by atoms with Crippen LogP contribution in [0, 0.1) is 0 Å². The third kappa shape index (κ3) is 3.75. The van der Waals surface area contributed by atoms with Gasteiger partial charge in [0.2, 0.25) is 0 Å². The van der Waals surface area contributed by atoms with Gasteiger partial charge in [0.15, 0.2) is 0 Å². The molecule has 0 saturated heterocycles. The van der Waals surface area contributed by atoms with Crippen LogP contribution in [0.3, 0.4) is 0 Å². The summed E-state index contributed by atoms with van der Waals surface area (Å²) in [7, 11) is 3.03. The van der Waals surface area contributed by atoms with Crippen LogP contribution in [0.2, 0.25) is 0 Å². The number of carbonyl (C=O) groups is 1. The highest BCUT2D eigenvalue weighted by molar-refractivity contribution is 6.05. The Hall–Kier alpha value is -4.06. The first kappa shape index (κ1) is 19.3. The van der Waals surface area contributed by atoms with Crippen molar-refractivity contribution >= 4 is 22.4 Å². The molecule has 0 spiro atoms. The molecule has 0 unspecified atom stereocenters. The molecule has 4 rings (SSSR count). The summed E-state index contributed by atoms with van der Waals surface area (Å²) in [6.45, 7) is 0. The van der Waals surface area contributed by atoms with Crippen LogP contribution in [-0.2, 0) is 0 Å². The molecule has 0 aliphatic heterocycles. The van der Waals surface area contributed by atoms with Crippen molar-refractivity contribution in [2.24, 2.45) is 0 Å². The Morgan fingerprint density at radius 3 is 2.40 bits per heavy atom. The van der Waals surface area contributed by atoms with Gasteiger partial charge in [0.1, 0.15) is 17.1 Å². The maximum atomic E-state index is 12.7. The van der Waals surface area contributed by atoms with Crippen LogP contribution in [0.25, 0.3) is 22.0 Å². The van der Waals surface area contributed by atoms with Gasteiger partial charge in [-0.3, -0.25) is 9.59 Å². The lowest BCUT2D eigenvalue weighted by Crippen LogP contribution is -2.23. The van der Waals surface area contributed by atoms with Crippen LogP contribution >= 0.6 is 0 Å². The number of nitrogens with one attached hydrogen (secondary N) is 2. The Morgan fingerprint density at radius 2 is 1.67 bits per heavy atom. The number of carbonyl (C=O) groups excluding carboxylic acids is 1. The van der Waals surface area contributed by atoms with Crippen LogP contribution in [0.5, 0.6) is 11.5 Å². The molecule has 0 radical (unpaired) electrons. The molecule has 1 aromatic heterocycles. The van der Waals surface area contributed by atoms with Gasteiger partial charge in [-0.05, 0) is 46.7 Å². The smallest absolute Gasteiger partial charge is 0.261 e. The van der Waals surface area contributed by atoms with Crippen LogP contribution < -0.4 is 20.3 Å². The number of benzene rings is 3. The first-order chi connectivity index (χ1) is 14.6. The summed E-state index contributed by atoms with van der Waals surface area (Å²) in [4.78, 5) is 28.1. The highest BCUT2D eigenvalue weighted by Gasteiger charge is 2.15. The third-order valence-corrected chi connectivity index (χ3v) is 4.87. The Bertz CT molecular complexity index is 1290. The molecule has 0 aliphatic carbocycles. The topological polar surface area (TPSA) is 80.4 Å². The van der Waals surface area contributed by atoms with E-state index in [9.17, 15) is 9.59 Å². The third-order valence-electron chi connectivity index (χ3n) is 4.87. The fraction of sp³-hybridized carbons (Fsp3) is 0.0833. The Morgan fingerprint density at radius 1 is 0.867 bits per heavy atom. The normalized spacial score (nSPS) is 10.6. The fourth-order valence-electron chi connectivity index (χ4n) is 3.28. The Labute approximate surface area is 173 Å². The highest BCUT2D eigenvalue weighted by Crippen LogP contribution is 2.29. The summed E-state index contributed by atoms with van der Waals surface area (Å²) in [6, 6.07) is 22.2. The molecule has 3 aromatic carbocycles. The summed E-state index contributed by atoms with van der Waals surface area (Å²) < 4.78 is 10.5. The number of anilines is 1. The summed E-state index contributed by atoms with van der Waals surface area (Å²) in [5.74, 6) is 0.493. The van der Waals surface area contributed by atoms with Crippen molar-refractivity contribution in [3.63, 3.8) is 0 Å². The van der Waals surface area contributed by atoms with Crippen molar-refractivity contribution in [2.75, 3.05) is 19.5 Å². The van der Waals surface area contributed by atoms with E-state index in [1.807, 2.05) is 42.5 Å². The summed E-state index contributed by atoms with van der Waals surface area (Å²) in [5.41, 5.74) is 1.46. The number of hydrogen-bond acceptors (Lipinski definition) is 4. The zero-order valence-electron chi connectivity index (χ0n) is 16.6. The summed E-state index contributed by atoms with van der Waals surface area (Å²) in [5, 5.41) is 4.90. The molecule has 30 heavy (non-hydrogen) atoms. The molecule has 4 aromatic rings. The molecule has 1 heterocycles. The van der Waals surface area contributed by atoms with E-state index >= 15 is 0 Å². The molecule has 0 saturated carbocycles.